The van der Waals surface area contributed by atoms with Crippen LogP contribution in [0.3, 0.4) is 0 Å². The molecule has 0 aromatic heterocycles. The molecular weight excluding hydrogens is 376 g/mol. The Hall–Kier alpha value is -3.23. The van der Waals surface area contributed by atoms with Crippen LogP contribution >= 0.6 is 0 Å². The first-order valence-corrected chi connectivity index (χ1v) is 9.44. The number of likely N-dealkylation sites (N-methyl/N-ethyl adjacent to an activating group) is 1. The predicted octanol–water partition coefficient (Wildman–Crippen LogP) is 1.29. The molecule has 9 nitrogen and oxygen atoms in total. The van der Waals surface area contributed by atoms with E-state index in [-0.39, 0.29) is 13.1 Å². The Balaban J connectivity index is 1.96. The number of urea groups is 1. The molecule has 1 aliphatic heterocycles. The molecule has 29 heavy (non-hydrogen) atoms. The van der Waals surface area contributed by atoms with Gasteiger partial charge in [-0.25, -0.2) is 9.69 Å². The third-order valence-corrected chi connectivity index (χ3v) is 4.72. The molecule has 1 heterocycles. The van der Waals surface area contributed by atoms with Crippen LogP contribution < -0.4 is 5.32 Å². The second kappa shape index (κ2) is 9.31. The van der Waals surface area contributed by atoms with Crippen LogP contribution in [0.2, 0.25) is 0 Å². The van der Waals surface area contributed by atoms with Gasteiger partial charge in [0.2, 0.25) is 11.8 Å². The summed E-state index contributed by atoms with van der Waals surface area (Å²) in [4.78, 5) is 63.6. The van der Waals surface area contributed by atoms with Gasteiger partial charge >= 0.3 is 17.8 Å². The lowest BCUT2D eigenvalue weighted by molar-refractivity contribution is -0.145. The van der Waals surface area contributed by atoms with Crippen molar-refractivity contribution < 1.29 is 24.0 Å². The van der Waals surface area contributed by atoms with E-state index in [0.717, 1.165) is 27.3 Å². The van der Waals surface area contributed by atoms with E-state index in [9.17, 15) is 24.0 Å². The van der Waals surface area contributed by atoms with Crippen molar-refractivity contribution in [1.82, 2.24) is 14.7 Å². The van der Waals surface area contributed by atoms with Crippen molar-refractivity contribution in [2.45, 2.75) is 33.6 Å². The van der Waals surface area contributed by atoms with Crippen molar-refractivity contribution in [1.29, 1.82) is 0 Å². The van der Waals surface area contributed by atoms with Crippen LogP contribution in [-0.2, 0) is 19.2 Å². The molecule has 1 saturated heterocycles. The number of carbonyl (C=O) groups is 5. The van der Waals surface area contributed by atoms with Crippen LogP contribution in [0.5, 0.6) is 0 Å². The molecule has 2 rings (SSSR count). The van der Waals surface area contributed by atoms with Crippen LogP contribution in [0, 0.1) is 13.8 Å². The molecule has 9 heteroatoms. The van der Waals surface area contributed by atoms with E-state index in [4.69, 9.17) is 0 Å². The summed E-state index contributed by atoms with van der Waals surface area (Å²) in [5.74, 6) is -2.97. The predicted molar refractivity (Wildman–Crippen MR) is 106 cm³/mol. The summed E-state index contributed by atoms with van der Waals surface area (Å²) in [5, 5.41) is 2.77. The lowest BCUT2D eigenvalue weighted by atomic mass is 10.1. The zero-order valence-corrected chi connectivity index (χ0v) is 17.2. The molecule has 1 fully saturated rings. The van der Waals surface area contributed by atoms with Crippen molar-refractivity contribution in [2.24, 2.45) is 0 Å². The summed E-state index contributed by atoms with van der Waals surface area (Å²) < 4.78 is 0. The number of unbranched alkanes of at least 4 members (excludes halogenated alkanes) is 1. The third kappa shape index (κ3) is 4.98. The Morgan fingerprint density at radius 3 is 2.21 bits per heavy atom. The van der Waals surface area contributed by atoms with Crippen molar-refractivity contribution >= 4 is 35.3 Å². The molecule has 0 bridgehead atoms. The maximum atomic E-state index is 12.4. The van der Waals surface area contributed by atoms with Crippen molar-refractivity contribution in [3.63, 3.8) is 0 Å². The van der Waals surface area contributed by atoms with E-state index >= 15 is 0 Å². The van der Waals surface area contributed by atoms with E-state index < -0.39 is 36.2 Å². The molecule has 0 radical (unpaired) electrons. The Bertz CT molecular complexity index is 831. The Morgan fingerprint density at radius 1 is 1.03 bits per heavy atom. The van der Waals surface area contributed by atoms with Crippen LogP contribution in [0.4, 0.5) is 10.5 Å². The summed E-state index contributed by atoms with van der Waals surface area (Å²) in [6, 6.07) is 4.81. The standard InChI is InChI=1S/C20H26N4O5/c1-5-6-10-23-18(27)19(28)24(20(23)29)12-16(26)22(4)11-15(25)21-17-13(2)8-7-9-14(17)3/h7-9H,5-6,10-12H2,1-4H3,(H,21,25). The molecule has 0 aliphatic carbocycles. The Kier molecular flexibility index (Phi) is 7.08. The third-order valence-electron chi connectivity index (χ3n) is 4.72. The maximum absolute atomic E-state index is 12.4. The fourth-order valence-corrected chi connectivity index (χ4v) is 2.95. The van der Waals surface area contributed by atoms with E-state index in [0.29, 0.717) is 17.0 Å². The SMILES string of the molecule is CCCCN1C(=O)C(=O)N(CC(=O)N(C)CC(=O)Nc2c(C)cccc2C)C1=O. The minimum atomic E-state index is -1.02. The van der Waals surface area contributed by atoms with E-state index in [2.05, 4.69) is 5.32 Å². The van der Waals surface area contributed by atoms with Gasteiger partial charge in [-0.2, -0.15) is 0 Å². The molecule has 0 spiro atoms. The topological polar surface area (TPSA) is 107 Å². The fraction of sp³-hybridized carbons (Fsp3) is 0.450. The molecule has 0 unspecified atom stereocenters. The number of carbonyl (C=O) groups excluding carboxylic acids is 5. The van der Waals surface area contributed by atoms with Crippen molar-refractivity contribution in [3.8, 4) is 0 Å². The van der Waals surface area contributed by atoms with Crippen LogP contribution in [0.1, 0.15) is 30.9 Å². The minimum Gasteiger partial charge on any atom is -0.335 e. The maximum Gasteiger partial charge on any atom is 0.334 e. The highest BCUT2D eigenvalue weighted by molar-refractivity contribution is 6.45. The highest BCUT2D eigenvalue weighted by atomic mass is 16.2. The average Bonchev–Trinajstić information content (AvgIpc) is 2.86. The van der Waals surface area contributed by atoms with Crippen LogP contribution in [0.25, 0.3) is 0 Å². The largest absolute Gasteiger partial charge is 0.335 e. The summed E-state index contributed by atoms with van der Waals surface area (Å²) in [6.45, 7) is 4.92. The lowest BCUT2D eigenvalue weighted by Crippen LogP contribution is -2.44. The van der Waals surface area contributed by atoms with E-state index in [1.807, 2.05) is 39.0 Å². The molecular formula is C20H26N4O5. The molecule has 1 N–H and O–H groups in total. The average molecular weight is 402 g/mol. The summed E-state index contributed by atoms with van der Waals surface area (Å²) in [7, 11) is 1.40. The quantitative estimate of drug-likeness (QED) is 0.521. The second-order valence-corrected chi connectivity index (χ2v) is 7.05. The number of benzene rings is 1. The van der Waals surface area contributed by atoms with Gasteiger partial charge in [0.25, 0.3) is 0 Å². The van der Waals surface area contributed by atoms with Gasteiger partial charge in [0.05, 0.1) is 6.54 Å². The number of hydrogen-bond donors (Lipinski definition) is 1. The number of anilines is 1. The van der Waals surface area contributed by atoms with Gasteiger partial charge in [0.15, 0.2) is 0 Å². The minimum absolute atomic E-state index is 0.138. The highest BCUT2D eigenvalue weighted by Crippen LogP contribution is 2.19. The number of aryl methyl sites for hydroxylation is 2. The smallest absolute Gasteiger partial charge is 0.334 e. The fourth-order valence-electron chi connectivity index (χ4n) is 2.95. The van der Waals surface area contributed by atoms with Gasteiger partial charge in [-0.3, -0.25) is 24.1 Å². The first kappa shape index (κ1) is 22.1. The Labute approximate surface area is 169 Å². The van der Waals surface area contributed by atoms with Gasteiger partial charge in [0, 0.05) is 19.3 Å². The number of amides is 6. The normalized spacial score (nSPS) is 13.9. The number of hydrogen-bond acceptors (Lipinski definition) is 5. The van der Waals surface area contributed by atoms with Crippen LogP contribution in [-0.4, -0.2) is 71.0 Å². The molecule has 0 atom stereocenters. The van der Waals surface area contributed by atoms with E-state index in [1.54, 1.807) is 0 Å². The number of rotatable bonds is 8. The van der Waals surface area contributed by atoms with Gasteiger partial charge in [-0.15, -0.1) is 0 Å². The summed E-state index contributed by atoms with van der Waals surface area (Å²) in [6.07, 6.45) is 1.33. The number of para-hydroxylation sites is 1. The zero-order chi connectivity index (χ0) is 21.7. The number of nitrogens with zero attached hydrogens (tertiary/aromatic N) is 3. The lowest BCUT2D eigenvalue weighted by Gasteiger charge is -2.20. The second-order valence-electron chi connectivity index (χ2n) is 7.05. The van der Waals surface area contributed by atoms with Crippen molar-refractivity contribution in [2.75, 3.05) is 32.0 Å². The highest BCUT2D eigenvalue weighted by Gasteiger charge is 2.45. The zero-order valence-electron chi connectivity index (χ0n) is 17.2. The number of imide groups is 2. The molecule has 1 aliphatic rings. The van der Waals surface area contributed by atoms with Gasteiger partial charge in [-0.05, 0) is 31.4 Å². The van der Waals surface area contributed by atoms with Gasteiger partial charge in [0.1, 0.15) is 6.54 Å². The van der Waals surface area contributed by atoms with Gasteiger partial charge in [-0.1, -0.05) is 31.5 Å². The molecule has 6 amide bonds. The van der Waals surface area contributed by atoms with Crippen LogP contribution in [0.15, 0.2) is 18.2 Å². The van der Waals surface area contributed by atoms with E-state index in [1.165, 1.54) is 7.05 Å². The Morgan fingerprint density at radius 2 is 1.62 bits per heavy atom. The summed E-state index contributed by atoms with van der Waals surface area (Å²) >= 11 is 0. The number of nitrogens with one attached hydrogen (secondary N) is 1. The molecule has 1 aromatic carbocycles. The first-order valence-electron chi connectivity index (χ1n) is 9.44. The summed E-state index contributed by atoms with van der Waals surface area (Å²) in [5.41, 5.74) is 2.47. The monoisotopic (exact) mass is 402 g/mol. The molecule has 0 saturated carbocycles. The van der Waals surface area contributed by atoms with Gasteiger partial charge < -0.3 is 10.2 Å². The molecule has 1 aromatic rings. The van der Waals surface area contributed by atoms with Crippen molar-refractivity contribution in [3.05, 3.63) is 29.3 Å². The molecule has 156 valence electrons. The first-order chi connectivity index (χ1) is 13.7.